The second kappa shape index (κ2) is 7.75. The Morgan fingerprint density at radius 1 is 1.10 bits per heavy atom. The van der Waals surface area contributed by atoms with Crippen LogP contribution in [0.15, 0.2) is 60.8 Å². The van der Waals surface area contributed by atoms with Crippen molar-refractivity contribution in [3.63, 3.8) is 0 Å². The molecule has 0 fully saturated rings. The molecule has 158 valence electrons. The van der Waals surface area contributed by atoms with Gasteiger partial charge >= 0.3 is 5.97 Å². The highest BCUT2D eigenvalue weighted by atomic mass is 16.5. The standard InChI is InChI=1S/C24H24N4O3/c1-24(2,3)16-8-5-6-10-20(16)31-21-18(9-7-13-25-21)27-23-26-17-12-11-15(22(29)30)14-19(17)28(23)4/h5-14H,1-4H3,(H,26,27)(H,29,30). The van der Waals surface area contributed by atoms with Crippen LogP contribution in [0.4, 0.5) is 11.6 Å². The fraction of sp³-hybridized carbons (Fsp3) is 0.208. The van der Waals surface area contributed by atoms with E-state index in [-0.39, 0.29) is 11.0 Å². The van der Waals surface area contributed by atoms with Crippen LogP contribution in [-0.2, 0) is 12.5 Å². The van der Waals surface area contributed by atoms with Gasteiger partial charge in [0.1, 0.15) is 11.4 Å². The average molecular weight is 416 g/mol. The van der Waals surface area contributed by atoms with Crippen molar-refractivity contribution in [1.29, 1.82) is 0 Å². The minimum absolute atomic E-state index is 0.0851. The predicted molar refractivity (Wildman–Crippen MR) is 120 cm³/mol. The molecular weight excluding hydrogens is 392 g/mol. The number of pyridine rings is 1. The summed E-state index contributed by atoms with van der Waals surface area (Å²) in [5.74, 6) is 0.753. The van der Waals surface area contributed by atoms with Crippen LogP contribution in [0.25, 0.3) is 11.0 Å². The maximum Gasteiger partial charge on any atom is 0.335 e. The van der Waals surface area contributed by atoms with Gasteiger partial charge in [-0.3, -0.25) is 0 Å². The lowest BCUT2D eigenvalue weighted by Crippen LogP contribution is -2.12. The van der Waals surface area contributed by atoms with Crippen molar-refractivity contribution < 1.29 is 14.6 Å². The number of para-hydroxylation sites is 1. The highest BCUT2D eigenvalue weighted by Gasteiger charge is 2.20. The summed E-state index contributed by atoms with van der Waals surface area (Å²) in [6.07, 6.45) is 1.67. The monoisotopic (exact) mass is 416 g/mol. The van der Waals surface area contributed by atoms with Gasteiger partial charge < -0.3 is 19.7 Å². The van der Waals surface area contributed by atoms with Gasteiger partial charge in [-0.1, -0.05) is 39.0 Å². The largest absolute Gasteiger partial charge is 0.478 e. The number of carbonyl (C=O) groups is 1. The van der Waals surface area contributed by atoms with Crippen LogP contribution >= 0.6 is 0 Å². The number of aryl methyl sites for hydroxylation is 1. The van der Waals surface area contributed by atoms with Crippen molar-refractivity contribution in [3.05, 3.63) is 71.9 Å². The molecule has 4 rings (SSSR count). The van der Waals surface area contributed by atoms with Gasteiger partial charge in [0.05, 0.1) is 16.6 Å². The number of nitrogens with zero attached hydrogens (tertiary/aromatic N) is 3. The Bertz CT molecular complexity index is 1270. The smallest absolute Gasteiger partial charge is 0.335 e. The molecule has 0 spiro atoms. The zero-order valence-electron chi connectivity index (χ0n) is 17.9. The van der Waals surface area contributed by atoms with Crippen LogP contribution < -0.4 is 10.1 Å². The van der Waals surface area contributed by atoms with Gasteiger partial charge in [-0.15, -0.1) is 0 Å². The van der Waals surface area contributed by atoms with Crippen molar-refractivity contribution in [2.75, 3.05) is 5.32 Å². The molecule has 7 nitrogen and oxygen atoms in total. The molecule has 0 aliphatic carbocycles. The minimum atomic E-state index is -0.974. The maximum atomic E-state index is 11.3. The first-order valence-electron chi connectivity index (χ1n) is 9.93. The number of aromatic carboxylic acids is 1. The van der Waals surface area contributed by atoms with E-state index in [2.05, 4.69) is 42.1 Å². The Kier molecular flexibility index (Phi) is 5.10. The summed E-state index contributed by atoms with van der Waals surface area (Å²) in [6.45, 7) is 6.41. The Hall–Kier alpha value is -3.87. The third-order valence-electron chi connectivity index (χ3n) is 5.05. The van der Waals surface area contributed by atoms with E-state index in [0.29, 0.717) is 28.5 Å². The molecule has 0 aliphatic heterocycles. The number of hydrogen-bond acceptors (Lipinski definition) is 5. The SMILES string of the molecule is Cn1c(Nc2cccnc2Oc2ccccc2C(C)(C)C)nc2ccc(C(=O)O)cc21. The van der Waals surface area contributed by atoms with Crippen LogP contribution in [0.3, 0.4) is 0 Å². The number of fused-ring (bicyclic) bond motifs is 1. The number of rotatable bonds is 5. The van der Waals surface area contributed by atoms with Crippen LogP contribution in [-0.4, -0.2) is 25.6 Å². The molecule has 0 amide bonds. The van der Waals surface area contributed by atoms with Crippen LogP contribution in [0.2, 0.25) is 0 Å². The molecule has 2 aromatic carbocycles. The van der Waals surface area contributed by atoms with Gasteiger partial charge in [-0.05, 0) is 41.8 Å². The van der Waals surface area contributed by atoms with Crippen LogP contribution in [0.1, 0.15) is 36.7 Å². The van der Waals surface area contributed by atoms with Crippen molar-refractivity contribution >= 4 is 28.6 Å². The second-order valence-corrected chi connectivity index (χ2v) is 8.33. The number of ether oxygens (including phenoxy) is 1. The number of nitrogens with one attached hydrogen (secondary N) is 1. The van der Waals surface area contributed by atoms with E-state index >= 15 is 0 Å². The molecular formula is C24H24N4O3. The van der Waals surface area contributed by atoms with Crippen molar-refractivity contribution in [2.24, 2.45) is 7.05 Å². The lowest BCUT2D eigenvalue weighted by molar-refractivity contribution is 0.0697. The first kappa shape index (κ1) is 20.4. The van der Waals surface area contributed by atoms with Gasteiger partial charge in [0.15, 0.2) is 0 Å². The molecule has 2 aromatic heterocycles. The molecule has 31 heavy (non-hydrogen) atoms. The third kappa shape index (κ3) is 4.07. The number of carboxylic acid groups (broad SMARTS) is 1. The summed E-state index contributed by atoms with van der Waals surface area (Å²) in [7, 11) is 1.83. The lowest BCUT2D eigenvalue weighted by Gasteiger charge is -2.22. The zero-order chi connectivity index (χ0) is 22.2. The number of anilines is 2. The van der Waals surface area contributed by atoms with E-state index in [9.17, 15) is 9.90 Å². The molecule has 0 saturated heterocycles. The molecule has 2 N–H and O–H groups in total. The lowest BCUT2D eigenvalue weighted by atomic mass is 9.86. The van der Waals surface area contributed by atoms with Gasteiger partial charge in [0.25, 0.3) is 0 Å². The summed E-state index contributed by atoms with van der Waals surface area (Å²) in [5.41, 5.74) is 3.27. The van der Waals surface area contributed by atoms with Crippen molar-refractivity contribution in [3.8, 4) is 11.6 Å². The number of imidazole rings is 1. The van der Waals surface area contributed by atoms with E-state index in [1.54, 1.807) is 24.4 Å². The normalized spacial score (nSPS) is 11.5. The van der Waals surface area contributed by atoms with Gasteiger partial charge in [-0.2, -0.15) is 0 Å². The molecule has 0 aliphatic rings. The Morgan fingerprint density at radius 3 is 2.61 bits per heavy atom. The molecule has 0 atom stereocenters. The number of benzene rings is 2. The predicted octanol–water partition coefficient (Wildman–Crippen LogP) is 5.50. The van der Waals surface area contributed by atoms with E-state index in [1.165, 1.54) is 0 Å². The molecule has 4 aromatic rings. The second-order valence-electron chi connectivity index (χ2n) is 8.33. The van der Waals surface area contributed by atoms with Crippen LogP contribution in [0.5, 0.6) is 11.6 Å². The molecule has 0 bridgehead atoms. The Labute approximate surface area is 180 Å². The van der Waals surface area contributed by atoms with Gasteiger partial charge in [0.2, 0.25) is 11.8 Å². The van der Waals surface area contributed by atoms with Crippen molar-refractivity contribution in [1.82, 2.24) is 14.5 Å². The first-order chi connectivity index (χ1) is 14.7. The molecule has 2 heterocycles. The molecule has 0 radical (unpaired) electrons. The van der Waals surface area contributed by atoms with Crippen LogP contribution in [0, 0.1) is 0 Å². The quantitative estimate of drug-likeness (QED) is 0.446. The molecule has 0 saturated carbocycles. The van der Waals surface area contributed by atoms with Gasteiger partial charge in [0, 0.05) is 18.8 Å². The summed E-state index contributed by atoms with van der Waals surface area (Å²) < 4.78 is 8.02. The number of aromatic nitrogens is 3. The highest BCUT2D eigenvalue weighted by Crippen LogP contribution is 2.36. The molecule has 0 unspecified atom stereocenters. The van der Waals surface area contributed by atoms with Gasteiger partial charge in [-0.25, -0.2) is 14.8 Å². The summed E-state index contributed by atoms with van der Waals surface area (Å²) in [6, 6.07) is 16.4. The Balaban J connectivity index is 1.70. The summed E-state index contributed by atoms with van der Waals surface area (Å²) in [5, 5.41) is 12.5. The third-order valence-corrected chi connectivity index (χ3v) is 5.05. The topological polar surface area (TPSA) is 89.3 Å². The number of carboxylic acids is 1. The van der Waals surface area contributed by atoms with E-state index in [4.69, 9.17) is 4.74 Å². The van der Waals surface area contributed by atoms with E-state index in [1.807, 2.05) is 41.9 Å². The maximum absolute atomic E-state index is 11.3. The van der Waals surface area contributed by atoms with Crippen molar-refractivity contribution in [2.45, 2.75) is 26.2 Å². The zero-order valence-corrected chi connectivity index (χ0v) is 17.9. The van der Waals surface area contributed by atoms with E-state index in [0.717, 1.165) is 11.3 Å². The fourth-order valence-electron chi connectivity index (χ4n) is 3.40. The fourth-order valence-corrected chi connectivity index (χ4v) is 3.40. The first-order valence-corrected chi connectivity index (χ1v) is 9.93. The molecule has 7 heteroatoms. The Morgan fingerprint density at radius 2 is 1.87 bits per heavy atom. The highest BCUT2D eigenvalue weighted by molar-refractivity contribution is 5.93. The summed E-state index contributed by atoms with van der Waals surface area (Å²) in [4.78, 5) is 20.3. The summed E-state index contributed by atoms with van der Waals surface area (Å²) >= 11 is 0. The van der Waals surface area contributed by atoms with E-state index < -0.39 is 5.97 Å². The number of hydrogen-bond donors (Lipinski definition) is 2. The minimum Gasteiger partial charge on any atom is -0.478 e. The average Bonchev–Trinajstić information content (AvgIpc) is 3.04.